The molecule has 0 fully saturated rings. The van der Waals surface area contributed by atoms with E-state index in [9.17, 15) is 17.6 Å². The summed E-state index contributed by atoms with van der Waals surface area (Å²) in [5, 5.41) is 4.57. The second-order valence-electron chi connectivity index (χ2n) is 7.74. The Morgan fingerprint density at radius 3 is 1.68 bits per heavy atom. The standard InChI is InChI=1S/C19H14F4O.C10H8/c1-2-11-3-4-13-8-14(6-5-12(13)7-11)15-9-16(20)18(17(21)10-15)24-19(22)23;1-2-6-10-8-4-3-7-9(10)5-1/h3-10,19H,2H2,1H3;1-8H. The summed E-state index contributed by atoms with van der Waals surface area (Å²) in [5.74, 6) is -3.39. The topological polar surface area (TPSA) is 9.23 Å². The first-order valence-corrected chi connectivity index (χ1v) is 10.9. The maximum atomic E-state index is 13.9. The van der Waals surface area contributed by atoms with E-state index in [-0.39, 0.29) is 5.56 Å². The highest BCUT2D eigenvalue weighted by atomic mass is 19.3. The number of rotatable bonds is 4. The van der Waals surface area contributed by atoms with E-state index < -0.39 is 24.0 Å². The van der Waals surface area contributed by atoms with Crippen LogP contribution in [0.3, 0.4) is 0 Å². The molecular weight excluding hydrogens is 440 g/mol. The number of hydrogen-bond donors (Lipinski definition) is 0. The molecule has 0 aliphatic heterocycles. The number of aryl methyl sites for hydroxylation is 1. The molecule has 0 radical (unpaired) electrons. The van der Waals surface area contributed by atoms with Gasteiger partial charge in [-0.15, -0.1) is 0 Å². The van der Waals surface area contributed by atoms with Crippen LogP contribution in [0.1, 0.15) is 12.5 Å². The fourth-order valence-electron chi connectivity index (χ4n) is 3.76. The molecule has 0 atom stereocenters. The molecule has 0 saturated heterocycles. The third-order valence-corrected chi connectivity index (χ3v) is 5.51. The average molecular weight is 462 g/mol. The average Bonchev–Trinajstić information content (AvgIpc) is 2.85. The lowest BCUT2D eigenvalue weighted by atomic mass is 9.99. The molecule has 1 nitrogen and oxygen atoms in total. The van der Waals surface area contributed by atoms with Gasteiger partial charge in [-0.25, -0.2) is 8.78 Å². The summed E-state index contributed by atoms with van der Waals surface area (Å²) >= 11 is 0. The Hall–Kier alpha value is -3.86. The van der Waals surface area contributed by atoms with Crippen LogP contribution in [0.2, 0.25) is 0 Å². The first kappa shape index (κ1) is 23.3. The minimum atomic E-state index is -3.28. The molecule has 0 aliphatic rings. The van der Waals surface area contributed by atoms with Crippen LogP contribution >= 0.6 is 0 Å². The predicted octanol–water partition coefficient (Wildman–Crippen LogP) is 8.79. The van der Waals surface area contributed by atoms with Gasteiger partial charge < -0.3 is 4.74 Å². The van der Waals surface area contributed by atoms with E-state index >= 15 is 0 Å². The zero-order chi connectivity index (χ0) is 24.1. The van der Waals surface area contributed by atoms with Gasteiger partial charge in [0.2, 0.25) is 0 Å². The minimum absolute atomic E-state index is 0.257. The van der Waals surface area contributed by atoms with Gasteiger partial charge in [-0.05, 0) is 62.9 Å². The molecule has 0 N–H and O–H groups in total. The van der Waals surface area contributed by atoms with Gasteiger partial charge in [0.15, 0.2) is 17.4 Å². The van der Waals surface area contributed by atoms with Crippen molar-refractivity contribution in [3.8, 4) is 16.9 Å². The molecule has 0 spiro atoms. The minimum Gasteiger partial charge on any atom is -0.429 e. The van der Waals surface area contributed by atoms with E-state index in [4.69, 9.17) is 0 Å². The summed E-state index contributed by atoms with van der Waals surface area (Å²) in [4.78, 5) is 0. The van der Waals surface area contributed by atoms with Crippen LogP contribution in [0.25, 0.3) is 32.7 Å². The molecule has 5 heteroatoms. The van der Waals surface area contributed by atoms with Gasteiger partial charge in [0, 0.05) is 0 Å². The maximum absolute atomic E-state index is 13.9. The molecule has 0 bridgehead atoms. The van der Waals surface area contributed by atoms with E-state index in [1.165, 1.54) is 16.3 Å². The smallest absolute Gasteiger partial charge is 0.387 e. The molecule has 5 aromatic carbocycles. The second kappa shape index (κ2) is 10.4. The Bertz CT molecular complexity index is 1340. The zero-order valence-electron chi connectivity index (χ0n) is 18.4. The Morgan fingerprint density at radius 2 is 1.15 bits per heavy atom. The van der Waals surface area contributed by atoms with Crippen molar-refractivity contribution in [3.63, 3.8) is 0 Å². The van der Waals surface area contributed by atoms with Crippen molar-refractivity contribution < 1.29 is 22.3 Å². The van der Waals surface area contributed by atoms with Crippen molar-refractivity contribution in [2.24, 2.45) is 0 Å². The summed E-state index contributed by atoms with van der Waals surface area (Å²) in [5.41, 5.74) is 2.04. The molecule has 0 unspecified atom stereocenters. The zero-order valence-corrected chi connectivity index (χ0v) is 18.4. The molecule has 0 aliphatic carbocycles. The van der Waals surface area contributed by atoms with Crippen LogP contribution in [0, 0.1) is 11.6 Å². The second-order valence-corrected chi connectivity index (χ2v) is 7.74. The molecule has 0 aromatic heterocycles. The third kappa shape index (κ3) is 5.37. The Balaban J connectivity index is 0.000000226. The van der Waals surface area contributed by atoms with Crippen molar-refractivity contribution in [3.05, 3.63) is 114 Å². The van der Waals surface area contributed by atoms with Crippen LogP contribution in [0.5, 0.6) is 5.75 Å². The van der Waals surface area contributed by atoms with Crippen molar-refractivity contribution in [1.29, 1.82) is 0 Å². The molecule has 5 rings (SSSR count). The molecule has 5 aromatic rings. The molecule has 172 valence electrons. The van der Waals surface area contributed by atoms with E-state index in [1.807, 2.05) is 18.2 Å². The van der Waals surface area contributed by atoms with Crippen LogP contribution in [0.15, 0.2) is 97.1 Å². The van der Waals surface area contributed by atoms with Crippen LogP contribution in [-0.2, 0) is 6.42 Å². The number of ether oxygens (including phenoxy) is 1. The molecular formula is C29H22F4O. The Labute approximate surface area is 195 Å². The summed E-state index contributed by atoms with van der Waals surface area (Å²) < 4.78 is 56.0. The molecule has 0 amide bonds. The van der Waals surface area contributed by atoms with Gasteiger partial charge in [0.05, 0.1) is 0 Å². The summed E-state index contributed by atoms with van der Waals surface area (Å²) in [7, 11) is 0. The van der Waals surface area contributed by atoms with Crippen molar-refractivity contribution in [1.82, 2.24) is 0 Å². The summed E-state index contributed by atoms with van der Waals surface area (Å²) in [6.45, 7) is -1.22. The van der Waals surface area contributed by atoms with E-state index in [2.05, 4.69) is 66.3 Å². The first-order valence-electron chi connectivity index (χ1n) is 10.9. The molecule has 0 saturated carbocycles. The van der Waals surface area contributed by atoms with Gasteiger partial charge in [-0.3, -0.25) is 0 Å². The lowest BCUT2D eigenvalue weighted by Gasteiger charge is -2.10. The van der Waals surface area contributed by atoms with Gasteiger partial charge >= 0.3 is 6.61 Å². The van der Waals surface area contributed by atoms with E-state index in [0.717, 1.165) is 29.3 Å². The maximum Gasteiger partial charge on any atom is 0.387 e. The molecule has 0 heterocycles. The van der Waals surface area contributed by atoms with Crippen LogP contribution in [-0.4, -0.2) is 6.61 Å². The quantitative estimate of drug-likeness (QED) is 0.243. The highest BCUT2D eigenvalue weighted by molar-refractivity contribution is 5.88. The molecule has 34 heavy (non-hydrogen) atoms. The van der Waals surface area contributed by atoms with Gasteiger partial charge in [0.1, 0.15) is 0 Å². The highest BCUT2D eigenvalue weighted by Gasteiger charge is 2.17. The largest absolute Gasteiger partial charge is 0.429 e. The van der Waals surface area contributed by atoms with Gasteiger partial charge in [-0.2, -0.15) is 8.78 Å². The van der Waals surface area contributed by atoms with E-state index in [0.29, 0.717) is 5.56 Å². The van der Waals surface area contributed by atoms with Crippen molar-refractivity contribution in [2.45, 2.75) is 20.0 Å². The number of benzene rings is 5. The van der Waals surface area contributed by atoms with Crippen molar-refractivity contribution in [2.75, 3.05) is 0 Å². The van der Waals surface area contributed by atoms with Gasteiger partial charge in [-0.1, -0.05) is 85.8 Å². The number of fused-ring (bicyclic) bond motifs is 2. The summed E-state index contributed by atoms with van der Waals surface area (Å²) in [6.07, 6.45) is 0.916. The third-order valence-electron chi connectivity index (χ3n) is 5.51. The van der Waals surface area contributed by atoms with Crippen LogP contribution < -0.4 is 4.74 Å². The Morgan fingerprint density at radius 1 is 0.618 bits per heavy atom. The van der Waals surface area contributed by atoms with Gasteiger partial charge in [0.25, 0.3) is 0 Å². The fraction of sp³-hybridized carbons (Fsp3) is 0.103. The van der Waals surface area contributed by atoms with Crippen LogP contribution in [0.4, 0.5) is 17.6 Å². The number of alkyl halides is 2. The lowest BCUT2D eigenvalue weighted by molar-refractivity contribution is -0.0546. The summed E-state index contributed by atoms with van der Waals surface area (Å²) in [6, 6.07) is 30.1. The SMILES string of the molecule is CCc1ccc2cc(-c3cc(F)c(OC(F)F)c(F)c3)ccc2c1.c1ccc2ccccc2c1. The normalized spacial score (nSPS) is 10.9. The fourth-order valence-corrected chi connectivity index (χ4v) is 3.76. The lowest BCUT2D eigenvalue weighted by Crippen LogP contribution is -2.06. The number of halogens is 4. The monoisotopic (exact) mass is 462 g/mol. The predicted molar refractivity (Wildman–Crippen MR) is 129 cm³/mol. The Kier molecular flexibility index (Phi) is 7.12. The highest BCUT2D eigenvalue weighted by Crippen LogP contribution is 2.31. The van der Waals surface area contributed by atoms with E-state index in [1.54, 1.807) is 12.1 Å². The number of hydrogen-bond acceptors (Lipinski definition) is 1. The first-order chi connectivity index (χ1) is 16.4. The van der Waals surface area contributed by atoms with Crippen molar-refractivity contribution >= 4 is 21.5 Å².